The lowest BCUT2D eigenvalue weighted by Gasteiger charge is -2.13. The van der Waals surface area contributed by atoms with Crippen LogP contribution in [0.1, 0.15) is 11.3 Å². The Kier molecular flexibility index (Phi) is 4.08. The second-order valence-electron chi connectivity index (χ2n) is 5.36. The van der Waals surface area contributed by atoms with Crippen LogP contribution in [0, 0.1) is 13.8 Å². The summed E-state index contributed by atoms with van der Waals surface area (Å²) < 4.78 is 8.64. The number of aryl methyl sites for hydroxylation is 2. The maximum atomic E-state index is 5.26. The van der Waals surface area contributed by atoms with Crippen molar-refractivity contribution in [2.45, 2.75) is 13.8 Å². The largest absolute Gasteiger partial charge is 0.497 e. The second kappa shape index (κ2) is 6.01. The SMILES string of the molecule is COc1ccc(-c2c(C)cc(C)n2-c2ccc(Br)cc2)cc1. The van der Waals surface area contributed by atoms with Crippen molar-refractivity contribution in [3.63, 3.8) is 0 Å². The quantitative estimate of drug-likeness (QED) is 0.602. The Labute approximate surface area is 139 Å². The van der Waals surface area contributed by atoms with E-state index in [2.05, 4.69) is 76.8 Å². The standard InChI is InChI=1S/C19H18BrNO/c1-13-12-14(2)21(17-8-6-16(20)7-9-17)19(13)15-4-10-18(22-3)11-5-15/h4-12H,1-3H3. The third-order valence-electron chi connectivity index (χ3n) is 3.82. The number of methoxy groups -OCH3 is 1. The first-order chi connectivity index (χ1) is 10.6. The fourth-order valence-electron chi connectivity index (χ4n) is 2.83. The number of nitrogens with zero attached hydrogens (tertiary/aromatic N) is 1. The fourth-order valence-corrected chi connectivity index (χ4v) is 3.09. The van der Waals surface area contributed by atoms with E-state index >= 15 is 0 Å². The minimum absolute atomic E-state index is 0.875. The van der Waals surface area contributed by atoms with E-state index in [0.717, 1.165) is 10.2 Å². The molecule has 22 heavy (non-hydrogen) atoms. The monoisotopic (exact) mass is 355 g/mol. The van der Waals surface area contributed by atoms with Crippen LogP contribution in [-0.4, -0.2) is 11.7 Å². The molecule has 3 aromatic rings. The van der Waals surface area contributed by atoms with E-state index in [-0.39, 0.29) is 0 Å². The summed E-state index contributed by atoms with van der Waals surface area (Å²) in [5.74, 6) is 0.875. The molecule has 0 unspecified atom stereocenters. The van der Waals surface area contributed by atoms with Crippen LogP contribution in [0.5, 0.6) is 5.75 Å². The lowest BCUT2D eigenvalue weighted by atomic mass is 10.1. The molecule has 0 fully saturated rings. The molecule has 2 nitrogen and oxygen atoms in total. The number of hydrogen-bond donors (Lipinski definition) is 0. The van der Waals surface area contributed by atoms with Crippen LogP contribution in [0.4, 0.5) is 0 Å². The van der Waals surface area contributed by atoms with Gasteiger partial charge in [-0.15, -0.1) is 0 Å². The average molecular weight is 356 g/mol. The normalized spacial score (nSPS) is 10.7. The maximum absolute atomic E-state index is 5.26. The van der Waals surface area contributed by atoms with Crippen molar-refractivity contribution in [3.05, 3.63) is 70.3 Å². The number of hydrogen-bond acceptors (Lipinski definition) is 1. The Balaban J connectivity index is 2.16. The molecule has 0 aliphatic carbocycles. The molecular weight excluding hydrogens is 338 g/mol. The van der Waals surface area contributed by atoms with Crippen molar-refractivity contribution in [1.29, 1.82) is 0 Å². The Hall–Kier alpha value is -2.00. The molecule has 0 bridgehead atoms. The average Bonchev–Trinajstić information content (AvgIpc) is 2.82. The van der Waals surface area contributed by atoms with Crippen molar-refractivity contribution >= 4 is 15.9 Å². The molecule has 0 atom stereocenters. The van der Waals surface area contributed by atoms with Crippen molar-refractivity contribution < 1.29 is 4.74 Å². The lowest BCUT2D eigenvalue weighted by molar-refractivity contribution is 0.415. The number of halogens is 1. The van der Waals surface area contributed by atoms with E-state index in [4.69, 9.17) is 4.74 Å². The molecule has 0 radical (unpaired) electrons. The van der Waals surface area contributed by atoms with Gasteiger partial charge in [0.1, 0.15) is 5.75 Å². The van der Waals surface area contributed by atoms with Gasteiger partial charge in [0.2, 0.25) is 0 Å². The molecule has 0 spiro atoms. The van der Waals surface area contributed by atoms with E-state index in [1.54, 1.807) is 7.11 Å². The van der Waals surface area contributed by atoms with Crippen molar-refractivity contribution in [2.75, 3.05) is 7.11 Å². The molecule has 1 aromatic heterocycles. The molecule has 112 valence electrons. The first-order valence-electron chi connectivity index (χ1n) is 7.19. The van der Waals surface area contributed by atoms with Crippen LogP contribution in [0.3, 0.4) is 0 Å². The number of benzene rings is 2. The topological polar surface area (TPSA) is 14.2 Å². The van der Waals surface area contributed by atoms with Gasteiger partial charge in [-0.05, 0) is 79.6 Å². The van der Waals surface area contributed by atoms with E-state index in [1.807, 2.05) is 12.1 Å². The molecule has 3 rings (SSSR count). The summed E-state index contributed by atoms with van der Waals surface area (Å²) in [6.45, 7) is 4.30. The summed E-state index contributed by atoms with van der Waals surface area (Å²) in [7, 11) is 1.69. The minimum Gasteiger partial charge on any atom is -0.497 e. The number of aromatic nitrogens is 1. The van der Waals surface area contributed by atoms with Crippen LogP contribution in [0.2, 0.25) is 0 Å². The van der Waals surface area contributed by atoms with Gasteiger partial charge in [-0.25, -0.2) is 0 Å². The summed E-state index contributed by atoms with van der Waals surface area (Å²) in [5, 5.41) is 0. The zero-order valence-electron chi connectivity index (χ0n) is 12.9. The van der Waals surface area contributed by atoms with E-state index < -0.39 is 0 Å². The van der Waals surface area contributed by atoms with Crippen molar-refractivity contribution in [1.82, 2.24) is 4.57 Å². The molecular formula is C19H18BrNO. The zero-order chi connectivity index (χ0) is 15.7. The van der Waals surface area contributed by atoms with Crippen molar-refractivity contribution in [2.24, 2.45) is 0 Å². The van der Waals surface area contributed by atoms with Crippen LogP contribution >= 0.6 is 15.9 Å². The van der Waals surface area contributed by atoms with Gasteiger partial charge < -0.3 is 9.30 Å². The highest BCUT2D eigenvalue weighted by molar-refractivity contribution is 9.10. The van der Waals surface area contributed by atoms with E-state index in [1.165, 1.54) is 28.2 Å². The molecule has 0 saturated heterocycles. The van der Waals surface area contributed by atoms with Gasteiger partial charge in [0.25, 0.3) is 0 Å². The first kappa shape index (κ1) is 14.9. The lowest BCUT2D eigenvalue weighted by Crippen LogP contribution is -1.99. The third-order valence-corrected chi connectivity index (χ3v) is 4.35. The third kappa shape index (κ3) is 2.69. The highest BCUT2D eigenvalue weighted by Gasteiger charge is 2.13. The Bertz CT molecular complexity index is 786. The van der Waals surface area contributed by atoms with Crippen LogP contribution < -0.4 is 4.74 Å². The first-order valence-corrected chi connectivity index (χ1v) is 7.99. The minimum atomic E-state index is 0.875. The molecule has 1 heterocycles. The number of ether oxygens (including phenoxy) is 1. The summed E-state index contributed by atoms with van der Waals surface area (Å²) in [6, 6.07) is 18.8. The highest BCUT2D eigenvalue weighted by atomic mass is 79.9. The summed E-state index contributed by atoms with van der Waals surface area (Å²) in [6.07, 6.45) is 0. The molecule has 0 saturated carbocycles. The molecule has 0 amide bonds. The van der Waals surface area contributed by atoms with E-state index in [0.29, 0.717) is 0 Å². The van der Waals surface area contributed by atoms with Crippen LogP contribution in [0.25, 0.3) is 16.9 Å². The molecule has 0 N–H and O–H groups in total. The summed E-state index contributed by atoms with van der Waals surface area (Å²) in [5.41, 5.74) is 6.08. The van der Waals surface area contributed by atoms with Gasteiger partial charge in [0.15, 0.2) is 0 Å². The van der Waals surface area contributed by atoms with Gasteiger partial charge in [-0.1, -0.05) is 15.9 Å². The van der Waals surface area contributed by atoms with Gasteiger partial charge in [-0.2, -0.15) is 0 Å². The predicted molar refractivity (Wildman–Crippen MR) is 94.9 cm³/mol. The van der Waals surface area contributed by atoms with Gasteiger partial charge in [0.05, 0.1) is 12.8 Å². The fraction of sp³-hybridized carbons (Fsp3) is 0.158. The Morgan fingerprint density at radius 3 is 2.14 bits per heavy atom. The van der Waals surface area contributed by atoms with Crippen molar-refractivity contribution in [3.8, 4) is 22.7 Å². The van der Waals surface area contributed by atoms with Crippen LogP contribution in [-0.2, 0) is 0 Å². The Morgan fingerprint density at radius 1 is 0.909 bits per heavy atom. The maximum Gasteiger partial charge on any atom is 0.118 e. The molecule has 2 aromatic carbocycles. The summed E-state index contributed by atoms with van der Waals surface area (Å²) >= 11 is 3.50. The number of rotatable bonds is 3. The highest BCUT2D eigenvalue weighted by Crippen LogP contribution is 2.31. The molecule has 0 aliphatic heterocycles. The molecule has 3 heteroatoms. The Morgan fingerprint density at radius 2 is 1.55 bits per heavy atom. The zero-order valence-corrected chi connectivity index (χ0v) is 14.5. The predicted octanol–water partition coefficient (Wildman–Crippen LogP) is 5.53. The van der Waals surface area contributed by atoms with Gasteiger partial charge in [0, 0.05) is 15.9 Å². The molecule has 0 aliphatic rings. The van der Waals surface area contributed by atoms with Gasteiger partial charge in [-0.3, -0.25) is 0 Å². The van der Waals surface area contributed by atoms with Crippen LogP contribution in [0.15, 0.2) is 59.1 Å². The summed E-state index contributed by atoms with van der Waals surface area (Å²) in [4.78, 5) is 0. The van der Waals surface area contributed by atoms with E-state index in [9.17, 15) is 0 Å². The second-order valence-corrected chi connectivity index (χ2v) is 6.27. The smallest absolute Gasteiger partial charge is 0.118 e. The van der Waals surface area contributed by atoms with Gasteiger partial charge >= 0.3 is 0 Å².